The molecule has 0 radical (unpaired) electrons. The summed E-state index contributed by atoms with van der Waals surface area (Å²) in [4.78, 5) is 0. The van der Waals surface area contributed by atoms with Gasteiger partial charge in [-0.2, -0.15) is 0 Å². The Morgan fingerprint density at radius 2 is 1.89 bits per heavy atom. The third kappa shape index (κ3) is 5.81. The molecule has 0 unspecified atom stereocenters. The Balaban J connectivity index is 3.12. The maximum atomic E-state index is 11.2. The lowest BCUT2D eigenvalue weighted by Gasteiger charge is -2.10. The van der Waals surface area contributed by atoms with E-state index in [2.05, 4.69) is 35.8 Å². The first-order chi connectivity index (χ1) is 8.61. The van der Waals surface area contributed by atoms with Crippen LogP contribution < -0.4 is 9.46 Å². The maximum absolute atomic E-state index is 11.2. The van der Waals surface area contributed by atoms with Crippen molar-refractivity contribution in [1.29, 1.82) is 0 Å². The number of rotatable bonds is 3. The number of hydrogen-bond donors (Lipinski definition) is 1. The highest BCUT2D eigenvalue weighted by Gasteiger charge is 2.10. The molecule has 104 valence electrons. The van der Waals surface area contributed by atoms with Gasteiger partial charge in [0, 0.05) is 5.56 Å². The summed E-state index contributed by atoms with van der Waals surface area (Å²) in [5, 5.41) is 0. The minimum absolute atomic E-state index is 0.420. The molecule has 0 aliphatic rings. The van der Waals surface area contributed by atoms with Gasteiger partial charge in [-0.15, -0.1) is 5.54 Å². The van der Waals surface area contributed by atoms with Crippen molar-refractivity contribution >= 4 is 23.8 Å². The van der Waals surface area contributed by atoms with E-state index in [0.717, 1.165) is 11.8 Å². The Hall–Kier alpha value is -1.45. The minimum Gasteiger partial charge on any atom is -0.495 e. The highest BCUT2D eigenvalue weighted by atomic mass is 32.2. The van der Waals surface area contributed by atoms with Gasteiger partial charge in [0.2, 0.25) is 10.0 Å². The first-order valence-corrected chi connectivity index (χ1v) is 11.2. The Morgan fingerprint density at radius 1 is 1.26 bits per heavy atom. The van der Waals surface area contributed by atoms with E-state index in [-0.39, 0.29) is 0 Å². The molecule has 0 saturated carbocycles. The average molecular weight is 297 g/mol. The van der Waals surface area contributed by atoms with Crippen LogP contribution in [-0.4, -0.2) is 29.9 Å². The number of hydrogen-bond acceptors (Lipinski definition) is 3. The van der Waals surface area contributed by atoms with Crippen LogP contribution in [0, 0.1) is 11.5 Å². The van der Waals surface area contributed by atoms with E-state index >= 15 is 0 Å². The molecular formula is C13H19NO3SSi. The van der Waals surface area contributed by atoms with Crippen LogP contribution in [0.25, 0.3) is 0 Å². The van der Waals surface area contributed by atoms with Gasteiger partial charge in [-0.25, -0.2) is 8.42 Å². The second-order valence-electron chi connectivity index (χ2n) is 5.29. The molecule has 0 spiro atoms. The molecule has 0 saturated heterocycles. The average Bonchev–Trinajstić information content (AvgIpc) is 2.24. The van der Waals surface area contributed by atoms with Crippen molar-refractivity contribution in [3.8, 4) is 17.2 Å². The summed E-state index contributed by atoms with van der Waals surface area (Å²) in [6.07, 6.45) is 1.10. The standard InChI is InChI=1S/C13H19NO3SSi/c1-17-13-10-11(8-9-19(3,4)5)6-7-12(13)14-18(2,15)16/h6-7,10,14H,1-5H3. The topological polar surface area (TPSA) is 55.4 Å². The smallest absolute Gasteiger partial charge is 0.229 e. The summed E-state index contributed by atoms with van der Waals surface area (Å²) in [5.41, 5.74) is 4.49. The molecule has 19 heavy (non-hydrogen) atoms. The molecule has 1 aromatic carbocycles. The van der Waals surface area contributed by atoms with Crippen LogP contribution in [0.3, 0.4) is 0 Å². The summed E-state index contributed by atoms with van der Waals surface area (Å²) >= 11 is 0. The van der Waals surface area contributed by atoms with Gasteiger partial charge in [0.25, 0.3) is 0 Å². The second-order valence-corrected chi connectivity index (χ2v) is 11.8. The van der Waals surface area contributed by atoms with Crippen LogP contribution in [0.15, 0.2) is 18.2 Å². The minimum atomic E-state index is -3.32. The fourth-order valence-corrected chi connectivity index (χ4v) is 2.40. The molecule has 0 amide bonds. The number of nitrogens with one attached hydrogen (secondary N) is 1. The first-order valence-electron chi connectivity index (χ1n) is 5.80. The summed E-state index contributed by atoms with van der Waals surface area (Å²) in [6.45, 7) is 6.49. The molecule has 4 nitrogen and oxygen atoms in total. The number of benzene rings is 1. The Morgan fingerprint density at radius 3 is 2.37 bits per heavy atom. The van der Waals surface area contributed by atoms with Gasteiger partial charge in [0.15, 0.2) is 0 Å². The molecule has 0 bridgehead atoms. The van der Waals surface area contributed by atoms with Crippen molar-refractivity contribution in [3.63, 3.8) is 0 Å². The van der Waals surface area contributed by atoms with Gasteiger partial charge >= 0.3 is 0 Å². The molecule has 0 atom stereocenters. The van der Waals surface area contributed by atoms with Gasteiger partial charge < -0.3 is 4.74 Å². The normalized spacial score (nSPS) is 11.4. The van der Waals surface area contributed by atoms with Crippen molar-refractivity contribution in [2.75, 3.05) is 18.1 Å². The van der Waals surface area contributed by atoms with E-state index in [1.165, 1.54) is 7.11 Å². The lowest BCUT2D eigenvalue weighted by atomic mass is 10.2. The zero-order valence-electron chi connectivity index (χ0n) is 11.9. The summed E-state index contributed by atoms with van der Waals surface area (Å²) in [7, 11) is -3.25. The quantitative estimate of drug-likeness (QED) is 0.688. The van der Waals surface area contributed by atoms with Crippen LogP contribution >= 0.6 is 0 Å². The molecule has 1 aromatic rings. The van der Waals surface area contributed by atoms with Crippen molar-refractivity contribution < 1.29 is 13.2 Å². The van der Waals surface area contributed by atoms with Crippen LogP contribution in [0.1, 0.15) is 5.56 Å². The fraction of sp³-hybridized carbons (Fsp3) is 0.385. The van der Waals surface area contributed by atoms with Crippen molar-refractivity contribution in [3.05, 3.63) is 23.8 Å². The summed E-state index contributed by atoms with van der Waals surface area (Å²) < 4.78 is 30.0. The molecule has 0 heterocycles. The first kappa shape index (κ1) is 15.6. The monoisotopic (exact) mass is 297 g/mol. The van der Waals surface area contributed by atoms with Crippen LogP contribution in [-0.2, 0) is 10.0 Å². The third-order valence-corrected chi connectivity index (χ3v) is 3.54. The van der Waals surface area contributed by atoms with E-state index in [4.69, 9.17) is 4.74 Å². The predicted octanol–water partition coefficient (Wildman–Crippen LogP) is 2.30. The zero-order valence-corrected chi connectivity index (χ0v) is 13.7. The van der Waals surface area contributed by atoms with Crippen LogP contribution in [0.4, 0.5) is 5.69 Å². The van der Waals surface area contributed by atoms with Crippen molar-refractivity contribution in [2.45, 2.75) is 19.6 Å². The molecule has 0 aliphatic heterocycles. The van der Waals surface area contributed by atoms with E-state index in [1.54, 1.807) is 18.2 Å². The van der Waals surface area contributed by atoms with Gasteiger partial charge in [-0.05, 0) is 18.2 Å². The summed E-state index contributed by atoms with van der Waals surface area (Å²) in [5.74, 6) is 3.57. The lowest BCUT2D eigenvalue weighted by molar-refractivity contribution is 0.417. The maximum Gasteiger partial charge on any atom is 0.229 e. The van der Waals surface area contributed by atoms with Crippen LogP contribution in [0.5, 0.6) is 5.75 Å². The highest BCUT2D eigenvalue weighted by molar-refractivity contribution is 7.92. The third-order valence-electron chi connectivity index (χ3n) is 2.08. The second kappa shape index (κ2) is 5.68. The molecular weight excluding hydrogens is 278 g/mol. The lowest BCUT2D eigenvalue weighted by Crippen LogP contribution is -2.16. The SMILES string of the molecule is COc1cc(C#C[Si](C)(C)C)ccc1NS(C)(=O)=O. The Labute approximate surface area is 116 Å². The zero-order chi connectivity index (χ0) is 14.7. The predicted molar refractivity (Wildman–Crippen MR) is 81.7 cm³/mol. The molecule has 0 fully saturated rings. The van der Waals surface area contributed by atoms with E-state index < -0.39 is 18.1 Å². The molecule has 1 rings (SSSR count). The van der Waals surface area contributed by atoms with E-state index in [1.807, 2.05) is 0 Å². The number of ether oxygens (including phenoxy) is 1. The largest absolute Gasteiger partial charge is 0.495 e. The molecule has 1 N–H and O–H groups in total. The fourth-order valence-electron chi connectivity index (χ4n) is 1.31. The molecule has 0 aromatic heterocycles. The number of anilines is 1. The molecule has 6 heteroatoms. The Kier molecular flexibility index (Phi) is 4.66. The van der Waals surface area contributed by atoms with Crippen LogP contribution in [0.2, 0.25) is 19.6 Å². The van der Waals surface area contributed by atoms with E-state index in [9.17, 15) is 8.42 Å². The van der Waals surface area contributed by atoms with Crippen molar-refractivity contribution in [2.24, 2.45) is 0 Å². The van der Waals surface area contributed by atoms with Gasteiger partial charge in [0.1, 0.15) is 13.8 Å². The summed E-state index contributed by atoms with van der Waals surface area (Å²) in [6, 6.07) is 5.18. The molecule has 0 aliphatic carbocycles. The number of sulfonamides is 1. The van der Waals surface area contributed by atoms with Crippen molar-refractivity contribution in [1.82, 2.24) is 0 Å². The number of methoxy groups -OCH3 is 1. The highest BCUT2D eigenvalue weighted by Crippen LogP contribution is 2.26. The Bertz CT molecular complexity index is 622. The van der Waals surface area contributed by atoms with E-state index in [0.29, 0.717) is 11.4 Å². The van der Waals surface area contributed by atoms with Gasteiger partial charge in [-0.1, -0.05) is 25.6 Å². The van der Waals surface area contributed by atoms with Gasteiger partial charge in [0.05, 0.1) is 19.1 Å². The van der Waals surface area contributed by atoms with Gasteiger partial charge in [-0.3, -0.25) is 4.72 Å².